The molecule has 0 aromatic heterocycles. The monoisotopic (exact) mass is 254 g/mol. The van der Waals surface area contributed by atoms with Crippen molar-refractivity contribution in [1.82, 2.24) is 0 Å². The third kappa shape index (κ3) is 2.42. The number of carboxylic acid groups (broad SMARTS) is 1. The molecule has 0 aromatic carbocycles. The molecule has 4 nitrogen and oxygen atoms in total. The van der Waals surface area contributed by atoms with Gasteiger partial charge in [-0.1, -0.05) is 26.3 Å². The molecule has 0 heterocycles. The standard InChI is InChI=1S/C14H22O4/c1-4-14(10(3)12(15)16,13(17)18-5-2)11-8-6-7-9-11/h11H,3-9H2,1-2H3,(H,15,16). The van der Waals surface area contributed by atoms with Gasteiger partial charge in [-0.2, -0.15) is 0 Å². The Morgan fingerprint density at radius 3 is 2.28 bits per heavy atom. The molecule has 0 amide bonds. The van der Waals surface area contributed by atoms with Gasteiger partial charge < -0.3 is 9.84 Å². The molecule has 0 radical (unpaired) electrons. The lowest BCUT2D eigenvalue weighted by atomic mass is 9.67. The molecule has 4 heteroatoms. The van der Waals surface area contributed by atoms with E-state index in [2.05, 4.69) is 6.58 Å². The van der Waals surface area contributed by atoms with Crippen LogP contribution in [0.3, 0.4) is 0 Å². The molecule has 1 N–H and O–H groups in total. The van der Waals surface area contributed by atoms with Gasteiger partial charge in [0.15, 0.2) is 0 Å². The van der Waals surface area contributed by atoms with Gasteiger partial charge in [0.2, 0.25) is 0 Å². The van der Waals surface area contributed by atoms with Crippen LogP contribution in [0, 0.1) is 11.3 Å². The van der Waals surface area contributed by atoms with E-state index in [1.54, 1.807) is 6.92 Å². The first-order chi connectivity index (χ1) is 8.50. The molecule has 0 bridgehead atoms. The zero-order valence-electron chi connectivity index (χ0n) is 11.2. The summed E-state index contributed by atoms with van der Waals surface area (Å²) in [5.41, 5.74) is -1.06. The first-order valence-electron chi connectivity index (χ1n) is 6.60. The number of carbonyl (C=O) groups excluding carboxylic acids is 1. The Morgan fingerprint density at radius 2 is 1.89 bits per heavy atom. The third-order valence-electron chi connectivity index (χ3n) is 4.05. The fourth-order valence-corrected chi connectivity index (χ4v) is 3.05. The first-order valence-corrected chi connectivity index (χ1v) is 6.60. The second-order valence-corrected chi connectivity index (χ2v) is 4.81. The third-order valence-corrected chi connectivity index (χ3v) is 4.05. The van der Waals surface area contributed by atoms with E-state index in [1.165, 1.54) is 0 Å². The molecule has 18 heavy (non-hydrogen) atoms. The first kappa shape index (κ1) is 14.7. The van der Waals surface area contributed by atoms with Gasteiger partial charge >= 0.3 is 11.9 Å². The molecule has 1 fully saturated rings. The summed E-state index contributed by atoms with van der Waals surface area (Å²) in [6.45, 7) is 7.48. The number of hydrogen-bond donors (Lipinski definition) is 1. The summed E-state index contributed by atoms with van der Waals surface area (Å²) in [6.07, 6.45) is 4.26. The Labute approximate surface area is 108 Å². The molecule has 0 aliphatic heterocycles. The average molecular weight is 254 g/mol. The van der Waals surface area contributed by atoms with Gasteiger partial charge in [0.25, 0.3) is 0 Å². The number of hydrogen-bond acceptors (Lipinski definition) is 3. The molecule has 0 saturated heterocycles. The van der Waals surface area contributed by atoms with Gasteiger partial charge in [0.05, 0.1) is 6.61 Å². The summed E-state index contributed by atoms with van der Waals surface area (Å²) in [5, 5.41) is 9.22. The van der Waals surface area contributed by atoms with Crippen molar-refractivity contribution >= 4 is 11.9 Å². The zero-order valence-corrected chi connectivity index (χ0v) is 11.2. The van der Waals surface area contributed by atoms with Crippen LogP contribution >= 0.6 is 0 Å². The van der Waals surface area contributed by atoms with Crippen LogP contribution in [0.25, 0.3) is 0 Å². The van der Waals surface area contributed by atoms with Crippen LogP contribution in [-0.4, -0.2) is 23.7 Å². The number of ether oxygens (including phenoxy) is 1. The number of carboxylic acids is 1. The molecule has 1 aliphatic rings. The van der Waals surface area contributed by atoms with E-state index in [0.717, 1.165) is 25.7 Å². The fraction of sp³-hybridized carbons (Fsp3) is 0.714. The maximum atomic E-state index is 12.3. The molecule has 0 spiro atoms. The van der Waals surface area contributed by atoms with E-state index in [9.17, 15) is 14.7 Å². The predicted molar refractivity (Wildman–Crippen MR) is 68.1 cm³/mol. The summed E-state index contributed by atoms with van der Waals surface area (Å²) in [7, 11) is 0. The van der Waals surface area contributed by atoms with Crippen LogP contribution in [0.1, 0.15) is 46.0 Å². The second kappa shape index (κ2) is 6.03. The summed E-state index contributed by atoms with van der Waals surface area (Å²) >= 11 is 0. The Morgan fingerprint density at radius 1 is 1.33 bits per heavy atom. The van der Waals surface area contributed by atoms with Crippen molar-refractivity contribution in [2.45, 2.75) is 46.0 Å². The van der Waals surface area contributed by atoms with Gasteiger partial charge in [-0.05, 0) is 32.1 Å². The lowest BCUT2D eigenvalue weighted by molar-refractivity contribution is -0.159. The van der Waals surface area contributed by atoms with Crippen LogP contribution in [-0.2, 0) is 14.3 Å². The van der Waals surface area contributed by atoms with E-state index in [1.807, 2.05) is 6.92 Å². The van der Waals surface area contributed by atoms with Crippen molar-refractivity contribution in [3.05, 3.63) is 12.2 Å². The second-order valence-electron chi connectivity index (χ2n) is 4.81. The predicted octanol–water partition coefficient (Wildman–Crippen LogP) is 2.78. The quantitative estimate of drug-likeness (QED) is 0.584. The minimum Gasteiger partial charge on any atom is -0.478 e. The van der Waals surface area contributed by atoms with Gasteiger partial charge in [0, 0.05) is 5.57 Å². The van der Waals surface area contributed by atoms with Crippen LogP contribution < -0.4 is 0 Å². The van der Waals surface area contributed by atoms with Gasteiger partial charge in [-0.15, -0.1) is 0 Å². The highest BCUT2D eigenvalue weighted by Gasteiger charge is 2.50. The van der Waals surface area contributed by atoms with E-state index in [4.69, 9.17) is 4.74 Å². The number of aliphatic carboxylic acids is 1. The largest absolute Gasteiger partial charge is 0.478 e. The van der Waals surface area contributed by atoms with Crippen LogP contribution in [0.15, 0.2) is 12.2 Å². The smallest absolute Gasteiger partial charge is 0.332 e. The molecule has 0 aromatic rings. The van der Waals surface area contributed by atoms with Crippen LogP contribution in [0.2, 0.25) is 0 Å². The minimum atomic E-state index is -1.10. The number of carbonyl (C=O) groups is 2. The minimum absolute atomic E-state index is 0.0182. The summed E-state index contributed by atoms with van der Waals surface area (Å²) in [5.74, 6) is -1.48. The highest BCUT2D eigenvalue weighted by molar-refractivity contribution is 5.96. The maximum absolute atomic E-state index is 12.3. The Hall–Kier alpha value is -1.32. The van der Waals surface area contributed by atoms with E-state index in [0.29, 0.717) is 6.42 Å². The van der Waals surface area contributed by atoms with Gasteiger partial charge in [0.1, 0.15) is 5.41 Å². The van der Waals surface area contributed by atoms with Crippen LogP contribution in [0.5, 0.6) is 0 Å². The SMILES string of the molecule is C=C(C(=O)O)C(CC)(C(=O)OCC)C1CCCC1. The fourth-order valence-electron chi connectivity index (χ4n) is 3.05. The Bertz CT molecular complexity index is 342. The van der Waals surface area contributed by atoms with Crippen molar-refractivity contribution in [3.63, 3.8) is 0 Å². The number of esters is 1. The molecule has 1 rings (SSSR count). The zero-order chi connectivity index (χ0) is 13.8. The van der Waals surface area contributed by atoms with E-state index in [-0.39, 0.29) is 18.1 Å². The van der Waals surface area contributed by atoms with Gasteiger partial charge in [-0.3, -0.25) is 4.79 Å². The highest BCUT2D eigenvalue weighted by atomic mass is 16.5. The molecule has 1 saturated carbocycles. The summed E-state index contributed by atoms with van der Waals surface area (Å²) in [6, 6.07) is 0. The van der Waals surface area contributed by atoms with Crippen molar-refractivity contribution in [2.24, 2.45) is 11.3 Å². The molecule has 102 valence electrons. The molecule has 1 atom stereocenters. The van der Waals surface area contributed by atoms with Gasteiger partial charge in [-0.25, -0.2) is 4.79 Å². The molecular weight excluding hydrogens is 232 g/mol. The summed E-state index contributed by atoms with van der Waals surface area (Å²) in [4.78, 5) is 23.5. The Kier molecular flexibility index (Phi) is 4.93. The van der Waals surface area contributed by atoms with Crippen molar-refractivity contribution in [1.29, 1.82) is 0 Å². The normalized spacial score (nSPS) is 19.2. The average Bonchev–Trinajstić information content (AvgIpc) is 2.85. The lowest BCUT2D eigenvalue weighted by Gasteiger charge is -2.36. The van der Waals surface area contributed by atoms with Crippen molar-refractivity contribution < 1.29 is 19.4 Å². The topological polar surface area (TPSA) is 63.6 Å². The molecule has 1 unspecified atom stereocenters. The van der Waals surface area contributed by atoms with Crippen LogP contribution in [0.4, 0.5) is 0 Å². The summed E-state index contributed by atoms with van der Waals surface area (Å²) < 4.78 is 5.12. The maximum Gasteiger partial charge on any atom is 0.332 e. The Balaban J connectivity index is 3.14. The van der Waals surface area contributed by atoms with Crippen molar-refractivity contribution in [2.75, 3.05) is 6.61 Å². The molecule has 1 aliphatic carbocycles. The molecular formula is C14H22O4. The highest BCUT2D eigenvalue weighted by Crippen LogP contribution is 2.47. The van der Waals surface area contributed by atoms with Crippen molar-refractivity contribution in [3.8, 4) is 0 Å². The van der Waals surface area contributed by atoms with E-state index < -0.39 is 17.4 Å². The number of rotatable bonds is 6. The lowest BCUT2D eigenvalue weighted by Crippen LogP contribution is -2.42. The van der Waals surface area contributed by atoms with E-state index >= 15 is 0 Å².